The second-order valence-electron chi connectivity index (χ2n) is 19.5. The molecule has 4 aromatic rings. The van der Waals surface area contributed by atoms with E-state index < -0.39 is 0 Å². The highest BCUT2D eigenvalue weighted by atomic mass is 16.4. The molecule has 1 atom stereocenters. The zero-order valence-electron chi connectivity index (χ0n) is 48.3. The Morgan fingerprint density at radius 1 is 0.411 bits per heavy atom. The van der Waals surface area contributed by atoms with Crippen LogP contribution in [0.2, 0.25) is 0 Å². The number of aryl methyl sites for hydroxylation is 5. The Bertz CT molecular complexity index is 1920. The molecule has 0 N–H and O–H groups in total. The Balaban J connectivity index is 0. The van der Waals surface area contributed by atoms with E-state index in [4.69, 9.17) is 17.7 Å². The number of furan rings is 4. The van der Waals surface area contributed by atoms with Crippen molar-refractivity contribution in [3.05, 3.63) is 95.1 Å². The number of hydrogen-bond donors (Lipinski definition) is 0. The fraction of sp³-hybridized carbons (Fsp3) is 0.651. The standard InChI is InChI=1S/C15H18O3.2C11H22O.C9H12O2.C9H18O.C8H10O2/c1-10(16)4-7-13(14-8-5-11(2)17-14)15-9-6-12(3)18-15;1-4-6-7-11(5-2)9-8-10(3)12;1-3-5-7-9-11(12)10-8-6-4-2;1-7(10)3-5-9-6-4-8(2)11-9;1-3-5-6-8-9(10)7-4-2;1-7(9)4-5-8-3-2-6-10-8/h5-6,8-9,13H,4,7H2,1-3H3;11H,4-9H2,1-3H3;3-10H2,1-2H3;4,6H,3,5H2,1-2H3;3-8H2,1-2H3;2-3,6H,4-5H2,1H3. The maximum Gasteiger partial charge on any atom is 0.132 e. The molecule has 0 aliphatic heterocycles. The van der Waals surface area contributed by atoms with E-state index in [0.717, 1.165) is 130 Å². The number of unbranched alkanes of at least 4 members (excludes halogenated alkanes) is 7. The molecule has 1 unspecified atom stereocenters. The van der Waals surface area contributed by atoms with Gasteiger partial charge in [0.25, 0.3) is 0 Å². The average molecular weight is 1020 g/mol. The Labute approximate surface area is 443 Å². The van der Waals surface area contributed by atoms with Crippen LogP contribution >= 0.6 is 0 Å². The van der Waals surface area contributed by atoms with Crippen molar-refractivity contribution < 1.29 is 46.4 Å². The van der Waals surface area contributed by atoms with Gasteiger partial charge in [0.15, 0.2) is 0 Å². The van der Waals surface area contributed by atoms with Crippen LogP contribution in [-0.4, -0.2) is 34.7 Å². The normalized spacial score (nSPS) is 10.7. The minimum absolute atomic E-state index is 0.0244. The van der Waals surface area contributed by atoms with Gasteiger partial charge in [0.1, 0.15) is 75.0 Å². The molecule has 10 nitrogen and oxygen atoms in total. The van der Waals surface area contributed by atoms with Gasteiger partial charge < -0.3 is 36.8 Å². The summed E-state index contributed by atoms with van der Waals surface area (Å²) in [6.45, 7) is 25.2. The van der Waals surface area contributed by atoms with Crippen molar-refractivity contribution in [2.75, 3.05) is 0 Å². The summed E-state index contributed by atoms with van der Waals surface area (Å²) >= 11 is 0. The quantitative estimate of drug-likeness (QED) is 0.0432. The van der Waals surface area contributed by atoms with Gasteiger partial charge in [0.2, 0.25) is 0 Å². The lowest BCUT2D eigenvalue weighted by Gasteiger charge is -2.12. The number of carbonyl (C=O) groups excluding carboxylic acids is 6. The molecule has 73 heavy (non-hydrogen) atoms. The summed E-state index contributed by atoms with van der Waals surface area (Å²) in [6.07, 6.45) is 27.2. The zero-order valence-corrected chi connectivity index (χ0v) is 48.3. The van der Waals surface area contributed by atoms with E-state index in [1.807, 2.05) is 69.3 Å². The van der Waals surface area contributed by atoms with Crippen LogP contribution in [0.3, 0.4) is 0 Å². The summed E-state index contributed by atoms with van der Waals surface area (Å²) in [5.74, 6) is 8.83. The predicted octanol–water partition coefficient (Wildman–Crippen LogP) is 18.1. The molecule has 0 saturated carbocycles. The van der Waals surface area contributed by atoms with Gasteiger partial charge >= 0.3 is 0 Å². The number of Topliss-reactive ketones (excluding diaryl/α,β-unsaturated/α-hetero) is 6. The largest absolute Gasteiger partial charge is 0.469 e. The van der Waals surface area contributed by atoms with Crippen LogP contribution in [0.4, 0.5) is 0 Å². The highest BCUT2D eigenvalue weighted by Crippen LogP contribution is 2.32. The van der Waals surface area contributed by atoms with Crippen LogP contribution in [0.25, 0.3) is 0 Å². The van der Waals surface area contributed by atoms with Crippen molar-refractivity contribution in [1.29, 1.82) is 0 Å². The van der Waals surface area contributed by atoms with Crippen LogP contribution in [0.1, 0.15) is 270 Å². The van der Waals surface area contributed by atoms with E-state index in [1.54, 1.807) is 34.0 Å². The lowest BCUT2D eigenvalue weighted by molar-refractivity contribution is -0.120. The molecule has 0 amide bonds. The van der Waals surface area contributed by atoms with E-state index in [9.17, 15) is 28.8 Å². The summed E-state index contributed by atoms with van der Waals surface area (Å²) in [4.78, 5) is 65.1. The molecule has 0 aromatic carbocycles. The van der Waals surface area contributed by atoms with Gasteiger partial charge in [-0.2, -0.15) is 0 Å². The molecule has 4 heterocycles. The van der Waals surface area contributed by atoms with Crippen LogP contribution < -0.4 is 0 Å². The first-order valence-electron chi connectivity index (χ1n) is 28.1. The zero-order chi connectivity index (χ0) is 55.2. The third-order valence-corrected chi connectivity index (χ3v) is 12.0. The first kappa shape index (κ1) is 70.2. The molecule has 4 aromatic heterocycles. The summed E-state index contributed by atoms with van der Waals surface area (Å²) in [6, 6.07) is 15.3. The molecule has 0 radical (unpaired) electrons. The molecular formula is C63H102O10. The monoisotopic (exact) mass is 1020 g/mol. The Hall–Kier alpha value is -4.86. The Kier molecular flexibility index (Phi) is 45.1. The van der Waals surface area contributed by atoms with Crippen LogP contribution in [0, 0.1) is 26.7 Å². The lowest BCUT2D eigenvalue weighted by Crippen LogP contribution is -2.02. The molecule has 0 spiro atoms. The predicted molar refractivity (Wildman–Crippen MR) is 299 cm³/mol. The summed E-state index contributed by atoms with van der Waals surface area (Å²) in [7, 11) is 0. The van der Waals surface area contributed by atoms with Crippen molar-refractivity contribution >= 4 is 34.7 Å². The minimum Gasteiger partial charge on any atom is -0.469 e. The van der Waals surface area contributed by atoms with Gasteiger partial charge in [-0.25, -0.2) is 0 Å². The van der Waals surface area contributed by atoms with Crippen molar-refractivity contribution in [3.8, 4) is 0 Å². The van der Waals surface area contributed by atoms with Crippen LogP contribution in [-0.2, 0) is 41.6 Å². The molecular weight excluding hydrogens is 917 g/mol. The van der Waals surface area contributed by atoms with E-state index in [2.05, 4.69) is 41.5 Å². The maximum atomic E-state index is 11.2. The Morgan fingerprint density at radius 3 is 1.19 bits per heavy atom. The van der Waals surface area contributed by atoms with Crippen molar-refractivity contribution in [2.24, 2.45) is 5.92 Å². The molecule has 4 rings (SSSR count). The summed E-state index contributed by atoms with van der Waals surface area (Å²) in [5, 5.41) is 0. The molecule has 0 aliphatic rings. The minimum atomic E-state index is 0.0244. The van der Waals surface area contributed by atoms with Gasteiger partial charge in [-0.05, 0) is 141 Å². The first-order valence-corrected chi connectivity index (χ1v) is 28.1. The maximum absolute atomic E-state index is 11.2. The second-order valence-corrected chi connectivity index (χ2v) is 19.5. The molecule has 0 aliphatic carbocycles. The molecule has 414 valence electrons. The highest BCUT2D eigenvalue weighted by Gasteiger charge is 2.21. The van der Waals surface area contributed by atoms with E-state index in [-0.39, 0.29) is 23.3 Å². The van der Waals surface area contributed by atoms with Gasteiger partial charge in [0.05, 0.1) is 12.2 Å². The van der Waals surface area contributed by atoms with Gasteiger partial charge in [-0.15, -0.1) is 0 Å². The summed E-state index contributed by atoms with van der Waals surface area (Å²) in [5.41, 5.74) is 0. The van der Waals surface area contributed by atoms with E-state index >= 15 is 0 Å². The van der Waals surface area contributed by atoms with Crippen LogP contribution in [0.15, 0.2) is 72.5 Å². The number of rotatable bonds is 32. The SMILES string of the molecule is CC(=O)CCC(c1ccc(C)o1)c1ccc(C)o1.CC(=O)CCc1ccc(C)o1.CC(=O)CCc1ccco1.CCCCC(CC)CCC(C)=O.CCCCCC(=O)CCC.CCCCCC(=O)CCCCC. The smallest absolute Gasteiger partial charge is 0.132 e. The van der Waals surface area contributed by atoms with Crippen molar-refractivity contribution in [3.63, 3.8) is 0 Å². The van der Waals surface area contributed by atoms with E-state index in [0.29, 0.717) is 36.6 Å². The third kappa shape index (κ3) is 43.3. The lowest BCUT2D eigenvalue weighted by atomic mass is 9.94. The van der Waals surface area contributed by atoms with Gasteiger partial charge in [-0.1, -0.05) is 106 Å². The van der Waals surface area contributed by atoms with Crippen molar-refractivity contribution in [2.45, 2.75) is 263 Å². The number of carbonyl (C=O) groups is 6. The van der Waals surface area contributed by atoms with Gasteiger partial charge in [-0.3, -0.25) is 9.59 Å². The molecule has 0 saturated heterocycles. The Morgan fingerprint density at radius 2 is 0.836 bits per heavy atom. The third-order valence-electron chi connectivity index (χ3n) is 12.0. The molecule has 10 heteroatoms. The highest BCUT2D eigenvalue weighted by molar-refractivity contribution is 5.79. The van der Waals surface area contributed by atoms with Gasteiger partial charge in [0, 0.05) is 64.2 Å². The number of hydrogen-bond acceptors (Lipinski definition) is 10. The molecule has 0 bridgehead atoms. The summed E-state index contributed by atoms with van der Waals surface area (Å²) < 4.78 is 21.7. The molecule has 0 fully saturated rings. The van der Waals surface area contributed by atoms with Crippen LogP contribution in [0.5, 0.6) is 0 Å². The number of ketones is 6. The fourth-order valence-corrected chi connectivity index (χ4v) is 7.42. The van der Waals surface area contributed by atoms with Crippen molar-refractivity contribution in [1.82, 2.24) is 0 Å². The first-order chi connectivity index (χ1) is 34.8. The van der Waals surface area contributed by atoms with E-state index in [1.165, 1.54) is 64.2 Å². The second kappa shape index (κ2) is 46.9. The topological polar surface area (TPSA) is 155 Å². The average Bonchev–Trinajstić information content (AvgIpc) is 4.20. The fourth-order valence-electron chi connectivity index (χ4n) is 7.42.